The smallest absolute Gasteiger partial charge is 0.283 e. The fraction of sp³-hybridized carbons (Fsp3) is 0.261. The summed E-state index contributed by atoms with van der Waals surface area (Å²) in [7, 11) is 0. The highest BCUT2D eigenvalue weighted by molar-refractivity contribution is 6.53. The molecule has 2 aliphatic rings. The van der Waals surface area contributed by atoms with E-state index in [4.69, 9.17) is 23.2 Å². The minimum atomic E-state index is -0.620. The van der Waals surface area contributed by atoms with Crippen molar-refractivity contribution >= 4 is 52.3 Å². The highest BCUT2D eigenvalue weighted by Crippen LogP contribution is 2.31. The molecule has 0 aromatic heterocycles. The van der Waals surface area contributed by atoms with Crippen LogP contribution < -0.4 is 10.2 Å². The van der Waals surface area contributed by atoms with Crippen molar-refractivity contribution in [3.63, 3.8) is 0 Å². The van der Waals surface area contributed by atoms with Crippen LogP contribution in [0.5, 0.6) is 0 Å². The topological polar surface area (TPSA) is 69.7 Å². The molecule has 0 bridgehead atoms. The van der Waals surface area contributed by atoms with Gasteiger partial charge in [-0.2, -0.15) is 0 Å². The maximum absolute atomic E-state index is 13.0. The van der Waals surface area contributed by atoms with Crippen LogP contribution in [0.4, 0.5) is 11.4 Å². The summed E-state index contributed by atoms with van der Waals surface area (Å²) in [6, 6.07) is 13.4. The van der Waals surface area contributed by atoms with Gasteiger partial charge < -0.3 is 10.2 Å². The Morgan fingerprint density at radius 2 is 1.77 bits per heavy atom. The quantitative estimate of drug-likeness (QED) is 0.669. The zero-order chi connectivity index (χ0) is 22.1. The van der Waals surface area contributed by atoms with E-state index in [9.17, 15) is 14.4 Å². The molecule has 2 heterocycles. The van der Waals surface area contributed by atoms with E-state index in [0.717, 1.165) is 30.7 Å². The molecular formula is C23H21Cl2N3O3. The lowest BCUT2D eigenvalue weighted by atomic mass is 10.0. The predicted octanol–water partition coefficient (Wildman–Crippen LogP) is 4.79. The summed E-state index contributed by atoms with van der Waals surface area (Å²) in [6.45, 7) is 2.79. The summed E-state index contributed by atoms with van der Waals surface area (Å²) < 4.78 is 0. The second kappa shape index (κ2) is 8.73. The Hall–Kier alpha value is -2.83. The first-order valence-corrected chi connectivity index (χ1v) is 10.8. The number of benzene rings is 2. The van der Waals surface area contributed by atoms with Crippen molar-refractivity contribution in [1.82, 2.24) is 4.90 Å². The van der Waals surface area contributed by atoms with Gasteiger partial charge in [-0.05, 0) is 68.7 Å². The fourth-order valence-corrected chi connectivity index (χ4v) is 4.21. The van der Waals surface area contributed by atoms with Crippen LogP contribution >= 0.6 is 23.2 Å². The summed E-state index contributed by atoms with van der Waals surface area (Å²) in [5.41, 5.74) is 1.36. The molecular weight excluding hydrogens is 437 g/mol. The summed E-state index contributed by atoms with van der Waals surface area (Å²) in [5, 5.41) is 3.21. The van der Waals surface area contributed by atoms with Gasteiger partial charge in [-0.3, -0.25) is 14.4 Å². The Morgan fingerprint density at radius 3 is 2.48 bits per heavy atom. The molecule has 1 atom stereocenters. The molecule has 0 aliphatic carbocycles. The largest absolute Gasteiger partial charge is 0.350 e. The lowest BCUT2D eigenvalue weighted by molar-refractivity contribution is -0.120. The Morgan fingerprint density at radius 1 is 1.03 bits per heavy atom. The van der Waals surface area contributed by atoms with Crippen LogP contribution in [0.15, 0.2) is 59.3 Å². The normalized spacial score (nSPS) is 19.3. The zero-order valence-corrected chi connectivity index (χ0v) is 18.4. The molecule has 1 saturated heterocycles. The molecule has 0 saturated carbocycles. The number of likely N-dealkylation sites (tertiary alicyclic amines) is 1. The highest BCUT2D eigenvalue weighted by atomic mass is 35.5. The SMILES string of the molecule is CC1CCCCN1C(=O)c1cccc(NC2=C(Cl)C(=O)N(c3ccc(Cl)cc3)C2=O)c1. The lowest BCUT2D eigenvalue weighted by Crippen LogP contribution is -2.42. The molecule has 0 spiro atoms. The van der Waals surface area contributed by atoms with Crippen LogP contribution in [0.2, 0.25) is 5.02 Å². The molecule has 6 nitrogen and oxygen atoms in total. The molecule has 1 N–H and O–H groups in total. The third-order valence-corrected chi connectivity index (χ3v) is 6.16. The number of carbonyl (C=O) groups excluding carboxylic acids is 3. The number of halogens is 2. The first kappa shape index (κ1) is 21.4. The summed E-state index contributed by atoms with van der Waals surface area (Å²) in [6.07, 6.45) is 3.11. The van der Waals surface area contributed by atoms with Crippen molar-refractivity contribution < 1.29 is 14.4 Å². The van der Waals surface area contributed by atoms with E-state index in [-0.39, 0.29) is 22.7 Å². The van der Waals surface area contributed by atoms with Crippen molar-refractivity contribution in [2.75, 3.05) is 16.8 Å². The van der Waals surface area contributed by atoms with Crippen LogP contribution in [-0.4, -0.2) is 35.2 Å². The van der Waals surface area contributed by atoms with E-state index < -0.39 is 11.8 Å². The minimum absolute atomic E-state index is 0.0300. The van der Waals surface area contributed by atoms with Gasteiger partial charge in [0.05, 0.1) is 5.69 Å². The number of nitrogens with one attached hydrogen (secondary N) is 1. The van der Waals surface area contributed by atoms with Crippen molar-refractivity contribution in [2.24, 2.45) is 0 Å². The molecule has 160 valence electrons. The van der Waals surface area contributed by atoms with E-state index in [1.807, 2.05) is 4.90 Å². The number of piperidine rings is 1. The summed E-state index contributed by atoms with van der Waals surface area (Å²) >= 11 is 12.1. The molecule has 4 rings (SSSR count). The zero-order valence-electron chi connectivity index (χ0n) is 16.9. The number of anilines is 2. The van der Waals surface area contributed by atoms with Gasteiger partial charge in [0.15, 0.2) is 0 Å². The fourth-order valence-electron chi connectivity index (χ4n) is 3.88. The molecule has 31 heavy (non-hydrogen) atoms. The third kappa shape index (κ3) is 4.18. The van der Waals surface area contributed by atoms with Gasteiger partial charge in [0.25, 0.3) is 17.7 Å². The third-order valence-electron chi connectivity index (χ3n) is 5.55. The van der Waals surface area contributed by atoms with E-state index in [1.54, 1.807) is 48.5 Å². The highest BCUT2D eigenvalue weighted by Gasteiger charge is 2.39. The van der Waals surface area contributed by atoms with Crippen LogP contribution in [0.25, 0.3) is 0 Å². The van der Waals surface area contributed by atoms with E-state index in [1.165, 1.54) is 0 Å². The van der Waals surface area contributed by atoms with Crippen LogP contribution in [0, 0.1) is 0 Å². The van der Waals surface area contributed by atoms with Gasteiger partial charge in [-0.25, -0.2) is 4.90 Å². The monoisotopic (exact) mass is 457 g/mol. The molecule has 2 aromatic rings. The molecule has 8 heteroatoms. The Balaban J connectivity index is 1.56. The molecule has 1 unspecified atom stereocenters. The van der Waals surface area contributed by atoms with Crippen molar-refractivity contribution in [3.8, 4) is 0 Å². The first-order valence-electron chi connectivity index (χ1n) is 10.1. The minimum Gasteiger partial charge on any atom is -0.350 e. The average Bonchev–Trinajstić information content (AvgIpc) is 2.98. The molecule has 2 aliphatic heterocycles. The summed E-state index contributed by atoms with van der Waals surface area (Å²) in [4.78, 5) is 41.4. The number of nitrogens with zero attached hydrogens (tertiary/aromatic N) is 2. The van der Waals surface area contributed by atoms with Crippen LogP contribution in [0.3, 0.4) is 0 Å². The second-order valence-corrected chi connectivity index (χ2v) is 8.47. The van der Waals surface area contributed by atoms with E-state index in [2.05, 4.69) is 12.2 Å². The van der Waals surface area contributed by atoms with Gasteiger partial charge in [-0.1, -0.05) is 29.3 Å². The van der Waals surface area contributed by atoms with Gasteiger partial charge >= 0.3 is 0 Å². The first-order chi connectivity index (χ1) is 14.9. The maximum Gasteiger partial charge on any atom is 0.283 e. The Kier molecular flexibility index (Phi) is 6.03. The van der Waals surface area contributed by atoms with E-state index in [0.29, 0.717) is 22.0 Å². The Bertz CT molecular complexity index is 1080. The van der Waals surface area contributed by atoms with Gasteiger partial charge in [0.1, 0.15) is 10.7 Å². The number of rotatable bonds is 4. The lowest BCUT2D eigenvalue weighted by Gasteiger charge is -2.33. The average molecular weight is 458 g/mol. The van der Waals surface area contributed by atoms with Gasteiger partial charge in [0.2, 0.25) is 0 Å². The molecule has 1 fully saturated rings. The predicted molar refractivity (Wildman–Crippen MR) is 121 cm³/mol. The molecule has 3 amide bonds. The number of carbonyl (C=O) groups is 3. The second-order valence-electron chi connectivity index (χ2n) is 7.66. The molecule has 0 radical (unpaired) electrons. The van der Waals surface area contributed by atoms with Crippen LogP contribution in [0.1, 0.15) is 36.5 Å². The number of hydrogen-bond acceptors (Lipinski definition) is 4. The van der Waals surface area contributed by atoms with Gasteiger partial charge in [-0.15, -0.1) is 0 Å². The summed E-state index contributed by atoms with van der Waals surface area (Å²) in [5.74, 6) is -1.24. The van der Waals surface area contributed by atoms with Crippen LogP contribution in [-0.2, 0) is 9.59 Å². The standard InChI is InChI=1S/C23H21Cl2N3O3/c1-14-5-2-3-12-27(14)21(29)15-6-4-7-17(13-15)26-20-19(25)22(30)28(23(20)31)18-10-8-16(24)9-11-18/h4,6-11,13-14,26H,2-3,5,12H2,1H3. The van der Waals surface area contributed by atoms with Gasteiger partial charge in [0, 0.05) is 28.9 Å². The number of imide groups is 1. The number of hydrogen-bond donors (Lipinski definition) is 1. The van der Waals surface area contributed by atoms with Crippen molar-refractivity contribution in [1.29, 1.82) is 0 Å². The van der Waals surface area contributed by atoms with E-state index >= 15 is 0 Å². The maximum atomic E-state index is 13.0. The Labute approximate surface area is 190 Å². The molecule has 2 aromatic carbocycles. The number of amides is 3. The van der Waals surface area contributed by atoms with Crippen molar-refractivity contribution in [3.05, 3.63) is 69.8 Å². The van der Waals surface area contributed by atoms with Crippen molar-refractivity contribution in [2.45, 2.75) is 32.2 Å².